The molecular formula is C16H30O. The number of hydrogen-bond acceptors (Lipinski definition) is 1. The van der Waals surface area contributed by atoms with Crippen LogP contribution in [-0.2, 0) is 4.79 Å². The van der Waals surface area contributed by atoms with Crippen molar-refractivity contribution in [3.63, 3.8) is 0 Å². The minimum Gasteiger partial charge on any atom is -0.303 e. The van der Waals surface area contributed by atoms with E-state index in [0.717, 1.165) is 19.1 Å². The highest BCUT2D eigenvalue weighted by Crippen LogP contribution is 2.11. The molecular weight excluding hydrogens is 208 g/mol. The Morgan fingerprint density at radius 2 is 1.12 bits per heavy atom. The lowest BCUT2D eigenvalue weighted by molar-refractivity contribution is -0.107. The maximum absolute atomic E-state index is 10.1. The SMILES string of the molecule is CCC=CCCCCCCCCCCCC=O. The van der Waals surface area contributed by atoms with Crippen molar-refractivity contribution < 1.29 is 4.79 Å². The number of hydrogen-bond donors (Lipinski definition) is 0. The van der Waals surface area contributed by atoms with Crippen LogP contribution in [0.2, 0.25) is 0 Å². The first-order chi connectivity index (χ1) is 8.41. The molecule has 1 nitrogen and oxygen atoms in total. The van der Waals surface area contributed by atoms with E-state index in [0.29, 0.717) is 0 Å². The summed E-state index contributed by atoms with van der Waals surface area (Å²) in [4.78, 5) is 10.1. The Labute approximate surface area is 108 Å². The molecule has 0 aliphatic rings. The van der Waals surface area contributed by atoms with Gasteiger partial charge in [-0.2, -0.15) is 0 Å². The summed E-state index contributed by atoms with van der Waals surface area (Å²) >= 11 is 0. The minimum atomic E-state index is 0.755. The average molecular weight is 238 g/mol. The van der Waals surface area contributed by atoms with Crippen LogP contribution in [0.1, 0.15) is 84.0 Å². The molecule has 0 aliphatic carbocycles. The fourth-order valence-electron chi connectivity index (χ4n) is 2.01. The molecule has 0 N–H and O–H groups in total. The van der Waals surface area contributed by atoms with Crippen LogP contribution >= 0.6 is 0 Å². The Kier molecular flexibility index (Phi) is 14.9. The van der Waals surface area contributed by atoms with Gasteiger partial charge in [0.2, 0.25) is 0 Å². The van der Waals surface area contributed by atoms with Gasteiger partial charge in [0.15, 0.2) is 0 Å². The van der Waals surface area contributed by atoms with Gasteiger partial charge in [0.25, 0.3) is 0 Å². The van der Waals surface area contributed by atoms with E-state index in [1.165, 1.54) is 64.2 Å². The van der Waals surface area contributed by atoms with Crippen molar-refractivity contribution in [3.05, 3.63) is 12.2 Å². The second-order valence-electron chi connectivity index (χ2n) is 4.81. The molecule has 100 valence electrons. The second-order valence-corrected chi connectivity index (χ2v) is 4.81. The van der Waals surface area contributed by atoms with Crippen LogP contribution in [0.4, 0.5) is 0 Å². The standard InChI is InChI=1S/C16H30O/c1-2-3-4-5-6-7-8-9-10-11-12-13-14-15-16-17/h3-4,16H,2,5-15H2,1H3. The highest BCUT2D eigenvalue weighted by Gasteiger charge is 1.92. The number of unbranched alkanes of at least 4 members (excludes halogenated alkanes) is 10. The van der Waals surface area contributed by atoms with Gasteiger partial charge in [0, 0.05) is 6.42 Å². The normalized spacial score (nSPS) is 11.1. The van der Waals surface area contributed by atoms with Crippen molar-refractivity contribution in [2.75, 3.05) is 0 Å². The summed E-state index contributed by atoms with van der Waals surface area (Å²) in [6.45, 7) is 2.19. The zero-order valence-electron chi connectivity index (χ0n) is 11.6. The molecule has 0 radical (unpaired) electrons. The molecule has 0 saturated heterocycles. The van der Waals surface area contributed by atoms with Crippen LogP contribution in [-0.4, -0.2) is 6.29 Å². The monoisotopic (exact) mass is 238 g/mol. The van der Waals surface area contributed by atoms with Crippen LogP contribution in [0, 0.1) is 0 Å². The van der Waals surface area contributed by atoms with Gasteiger partial charge < -0.3 is 4.79 Å². The second kappa shape index (κ2) is 15.4. The van der Waals surface area contributed by atoms with Crippen LogP contribution in [0.15, 0.2) is 12.2 Å². The lowest BCUT2D eigenvalue weighted by atomic mass is 10.1. The van der Waals surface area contributed by atoms with Gasteiger partial charge in [-0.05, 0) is 25.7 Å². The zero-order chi connectivity index (χ0) is 12.6. The lowest BCUT2D eigenvalue weighted by Gasteiger charge is -2.01. The van der Waals surface area contributed by atoms with E-state index in [-0.39, 0.29) is 0 Å². The number of aldehydes is 1. The summed E-state index contributed by atoms with van der Waals surface area (Å²) in [6, 6.07) is 0. The third kappa shape index (κ3) is 15.4. The van der Waals surface area contributed by atoms with E-state index in [4.69, 9.17) is 0 Å². The molecule has 0 bridgehead atoms. The van der Waals surface area contributed by atoms with Crippen molar-refractivity contribution in [3.8, 4) is 0 Å². The maximum atomic E-state index is 10.1. The summed E-state index contributed by atoms with van der Waals surface area (Å²) in [5.74, 6) is 0. The van der Waals surface area contributed by atoms with E-state index >= 15 is 0 Å². The van der Waals surface area contributed by atoms with E-state index in [9.17, 15) is 4.79 Å². The van der Waals surface area contributed by atoms with Crippen molar-refractivity contribution in [1.82, 2.24) is 0 Å². The molecule has 0 saturated carbocycles. The maximum Gasteiger partial charge on any atom is 0.119 e. The number of carbonyl (C=O) groups is 1. The lowest BCUT2D eigenvalue weighted by Crippen LogP contribution is -1.82. The molecule has 0 atom stereocenters. The first-order valence-electron chi connectivity index (χ1n) is 7.50. The third-order valence-electron chi connectivity index (χ3n) is 3.10. The van der Waals surface area contributed by atoms with Crippen molar-refractivity contribution in [2.24, 2.45) is 0 Å². The molecule has 0 unspecified atom stereocenters. The fourth-order valence-corrected chi connectivity index (χ4v) is 2.01. The molecule has 0 rings (SSSR count). The molecule has 0 aromatic heterocycles. The number of carbonyl (C=O) groups excluding carboxylic acids is 1. The third-order valence-corrected chi connectivity index (χ3v) is 3.10. The van der Waals surface area contributed by atoms with Crippen molar-refractivity contribution >= 4 is 6.29 Å². The van der Waals surface area contributed by atoms with Gasteiger partial charge in [-0.3, -0.25) is 0 Å². The molecule has 0 aromatic carbocycles. The van der Waals surface area contributed by atoms with Crippen molar-refractivity contribution in [1.29, 1.82) is 0 Å². The Morgan fingerprint density at radius 1 is 0.647 bits per heavy atom. The molecule has 0 heterocycles. The van der Waals surface area contributed by atoms with E-state index in [2.05, 4.69) is 19.1 Å². The minimum absolute atomic E-state index is 0.755. The Hall–Kier alpha value is -0.590. The fraction of sp³-hybridized carbons (Fsp3) is 0.812. The summed E-state index contributed by atoms with van der Waals surface area (Å²) < 4.78 is 0. The Morgan fingerprint density at radius 3 is 1.59 bits per heavy atom. The largest absolute Gasteiger partial charge is 0.303 e. The molecule has 0 aliphatic heterocycles. The summed E-state index contributed by atoms with van der Waals surface area (Å²) in [5, 5.41) is 0. The molecule has 17 heavy (non-hydrogen) atoms. The predicted molar refractivity (Wildman–Crippen MR) is 76.3 cm³/mol. The number of allylic oxidation sites excluding steroid dienone is 2. The van der Waals surface area contributed by atoms with E-state index < -0.39 is 0 Å². The summed E-state index contributed by atoms with van der Waals surface area (Å²) in [7, 11) is 0. The first kappa shape index (κ1) is 16.4. The van der Waals surface area contributed by atoms with Crippen LogP contribution in [0.5, 0.6) is 0 Å². The smallest absolute Gasteiger partial charge is 0.119 e. The molecule has 0 fully saturated rings. The van der Waals surface area contributed by atoms with E-state index in [1.54, 1.807) is 0 Å². The van der Waals surface area contributed by atoms with Gasteiger partial charge in [0.05, 0.1) is 0 Å². The highest BCUT2D eigenvalue weighted by molar-refractivity contribution is 5.48. The van der Waals surface area contributed by atoms with E-state index in [1.807, 2.05) is 0 Å². The topological polar surface area (TPSA) is 17.1 Å². The van der Waals surface area contributed by atoms with Crippen molar-refractivity contribution in [2.45, 2.75) is 84.0 Å². The van der Waals surface area contributed by atoms with Crippen LogP contribution < -0.4 is 0 Å². The molecule has 0 aromatic rings. The van der Waals surface area contributed by atoms with Gasteiger partial charge in [-0.1, -0.05) is 64.0 Å². The quantitative estimate of drug-likeness (QED) is 0.237. The molecule has 0 amide bonds. The van der Waals surface area contributed by atoms with Gasteiger partial charge in [-0.15, -0.1) is 0 Å². The van der Waals surface area contributed by atoms with Gasteiger partial charge in [0.1, 0.15) is 6.29 Å². The Bertz CT molecular complexity index is 172. The number of rotatable bonds is 13. The molecule has 1 heteroatoms. The predicted octanol–water partition coefficient (Wildman–Crippen LogP) is 5.44. The van der Waals surface area contributed by atoms with Gasteiger partial charge in [-0.25, -0.2) is 0 Å². The summed E-state index contributed by atoms with van der Waals surface area (Å²) in [6.07, 6.45) is 20.7. The Balaban J connectivity index is 2.93. The molecule has 0 spiro atoms. The summed E-state index contributed by atoms with van der Waals surface area (Å²) in [5.41, 5.74) is 0. The zero-order valence-corrected chi connectivity index (χ0v) is 11.6. The van der Waals surface area contributed by atoms with Gasteiger partial charge >= 0.3 is 0 Å². The first-order valence-corrected chi connectivity index (χ1v) is 7.50. The highest BCUT2D eigenvalue weighted by atomic mass is 16.1. The van der Waals surface area contributed by atoms with Crippen LogP contribution in [0.3, 0.4) is 0 Å². The van der Waals surface area contributed by atoms with Crippen LogP contribution in [0.25, 0.3) is 0 Å². The average Bonchev–Trinajstić information content (AvgIpc) is 2.35.